The lowest BCUT2D eigenvalue weighted by molar-refractivity contribution is 0.218. The van der Waals surface area contributed by atoms with E-state index in [0.29, 0.717) is 5.57 Å². The van der Waals surface area contributed by atoms with E-state index >= 15 is 0 Å². The molecule has 0 saturated heterocycles. The van der Waals surface area contributed by atoms with Gasteiger partial charge in [-0.25, -0.2) is 4.79 Å². The van der Waals surface area contributed by atoms with E-state index in [2.05, 4.69) is 17.3 Å². The zero-order valence-electron chi connectivity index (χ0n) is 9.33. The number of nitrogen functional groups attached to an aromatic ring is 1. The number of rotatable bonds is 5. The Morgan fingerprint density at radius 1 is 1.65 bits per heavy atom. The van der Waals surface area contributed by atoms with Crippen molar-refractivity contribution in [3.63, 3.8) is 0 Å². The van der Waals surface area contributed by atoms with E-state index in [1.54, 1.807) is 0 Å². The van der Waals surface area contributed by atoms with Gasteiger partial charge in [0.15, 0.2) is 0 Å². The minimum absolute atomic E-state index is 0.129. The maximum Gasteiger partial charge on any atom is 0.349 e. The molecule has 0 radical (unpaired) electrons. The molecule has 0 aliphatic carbocycles. The molecule has 92 valence electrons. The van der Waals surface area contributed by atoms with E-state index in [0.717, 1.165) is 0 Å². The first kappa shape index (κ1) is 13.2. The van der Waals surface area contributed by atoms with Crippen molar-refractivity contribution in [3.05, 3.63) is 40.6 Å². The number of aliphatic hydroxyl groups excluding tert-OH is 2. The van der Waals surface area contributed by atoms with Crippen LogP contribution in [0, 0.1) is 0 Å². The van der Waals surface area contributed by atoms with Gasteiger partial charge in [-0.1, -0.05) is 6.58 Å². The lowest BCUT2D eigenvalue weighted by atomic mass is 10.1. The molecule has 1 aromatic heterocycles. The number of aromatic nitrogens is 2. The molecule has 1 rings (SSSR count). The lowest BCUT2D eigenvalue weighted by Crippen LogP contribution is -2.29. The summed E-state index contributed by atoms with van der Waals surface area (Å²) in [7, 11) is 0. The van der Waals surface area contributed by atoms with Gasteiger partial charge in [-0.2, -0.15) is 4.98 Å². The third-order valence-corrected chi connectivity index (χ3v) is 2.38. The molecule has 6 nitrogen and oxygen atoms in total. The Bertz CT molecular complexity index is 489. The van der Waals surface area contributed by atoms with Gasteiger partial charge in [-0.15, -0.1) is 5.73 Å². The van der Waals surface area contributed by atoms with Gasteiger partial charge in [-0.3, -0.25) is 4.57 Å². The molecule has 0 amide bonds. The molecule has 0 aromatic carbocycles. The summed E-state index contributed by atoms with van der Waals surface area (Å²) in [6.07, 6.45) is 1.74. The predicted molar refractivity (Wildman–Crippen MR) is 63.4 cm³/mol. The topological polar surface area (TPSA) is 101 Å². The van der Waals surface area contributed by atoms with Crippen LogP contribution in [0.15, 0.2) is 34.9 Å². The number of hydrogen-bond donors (Lipinski definition) is 3. The van der Waals surface area contributed by atoms with Crippen molar-refractivity contribution in [2.75, 3.05) is 18.9 Å². The van der Waals surface area contributed by atoms with Crippen molar-refractivity contribution in [1.82, 2.24) is 9.55 Å². The quantitative estimate of drug-likeness (QED) is 0.597. The fourth-order valence-corrected chi connectivity index (χ4v) is 1.43. The smallest absolute Gasteiger partial charge is 0.349 e. The highest BCUT2D eigenvalue weighted by atomic mass is 16.3. The maximum absolute atomic E-state index is 11.6. The van der Waals surface area contributed by atoms with Gasteiger partial charge in [0.05, 0.1) is 19.3 Å². The monoisotopic (exact) mass is 237 g/mol. The minimum atomic E-state index is -0.537. The van der Waals surface area contributed by atoms with Crippen LogP contribution in [0.4, 0.5) is 5.82 Å². The molecule has 0 aliphatic rings. The summed E-state index contributed by atoms with van der Waals surface area (Å²) >= 11 is 0. The second kappa shape index (κ2) is 6.00. The Morgan fingerprint density at radius 3 is 2.82 bits per heavy atom. The molecule has 6 heteroatoms. The third-order valence-electron chi connectivity index (χ3n) is 2.38. The Kier molecular flexibility index (Phi) is 4.66. The van der Waals surface area contributed by atoms with E-state index < -0.39 is 11.7 Å². The standard InChI is InChI=1S/C11H15N3O3/c1-2-8(6-15)5-9(7-16)14-4-3-10(12)13-11(14)17/h3-4,9,15-16H,1,5-7H2,(H2,12,13,17)/t9-/m1/s1. The van der Waals surface area contributed by atoms with Crippen LogP contribution in [-0.2, 0) is 0 Å². The molecular formula is C11H15N3O3. The zero-order valence-corrected chi connectivity index (χ0v) is 9.33. The number of anilines is 1. The van der Waals surface area contributed by atoms with Gasteiger partial charge in [0.2, 0.25) is 0 Å². The van der Waals surface area contributed by atoms with Gasteiger partial charge in [0, 0.05) is 12.6 Å². The Labute approximate surface area is 98.3 Å². The Hall–Kier alpha value is -1.88. The zero-order chi connectivity index (χ0) is 12.8. The van der Waals surface area contributed by atoms with E-state index in [4.69, 9.17) is 10.8 Å². The van der Waals surface area contributed by atoms with Crippen LogP contribution >= 0.6 is 0 Å². The van der Waals surface area contributed by atoms with Crippen molar-refractivity contribution >= 4 is 5.82 Å². The average Bonchev–Trinajstić information content (AvgIpc) is 2.32. The van der Waals surface area contributed by atoms with Crippen LogP contribution in [0.2, 0.25) is 0 Å². The van der Waals surface area contributed by atoms with Gasteiger partial charge in [0.1, 0.15) is 5.82 Å². The first-order valence-corrected chi connectivity index (χ1v) is 5.06. The lowest BCUT2D eigenvalue weighted by Gasteiger charge is -2.17. The van der Waals surface area contributed by atoms with Crippen molar-refractivity contribution in [1.29, 1.82) is 0 Å². The summed E-state index contributed by atoms with van der Waals surface area (Å²) < 4.78 is 1.27. The van der Waals surface area contributed by atoms with Crippen LogP contribution in [0.25, 0.3) is 0 Å². The molecule has 1 atom stereocenters. The van der Waals surface area contributed by atoms with E-state index in [-0.39, 0.29) is 25.5 Å². The highest BCUT2D eigenvalue weighted by Crippen LogP contribution is 2.14. The largest absolute Gasteiger partial charge is 0.394 e. The Balaban J connectivity index is 3.02. The second-order valence-corrected chi connectivity index (χ2v) is 3.52. The summed E-state index contributed by atoms with van der Waals surface area (Å²) in [4.78, 5) is 15.1. The number of hydrogen-bond acceptors (Lipinski definition) is 5. The van der Waals surface area contributed by atoms with Crippen LogP contribution in [0.1, 0.15) is 12.5 Å². The molecule has 0 bridgehead atoms. The van der Waals surface area contributed by atoms with Crippen molar-refractivity contribution in [2.45, 2.75) is 12.5 Å². The summed E-state index contributed by atoms with van der Waals surface area (Å²) in [6.45, 7) is 2.96. The van der Waals surface area contributed by atoms with Crippen molar-refractivity contribution in [3.8, 4) is 0 Å². The number of nitrogens with two attached hydrogens (primary N) is 1. The first-order valence-electron chi connectivity index (χ1n) is 5.06. The highest BCUT2D eigenvalue weighted by Gasteiger charge is 2.13. The number of nitrogens with zero attached hydrogens (tertiary/aromatic N) is 2. The van der Waals surface area contributed by atoms with Gasteiger partial charge < -0.3 is 15.9 Å². The van der Waals surface area contributed by atoms with E-state index in [1.165, 1.54) is 16.8 Å². The summed E-state index contributed by atoms with van der Waals surface area (Å²) in [5, 5.41) is 18.2. The SMILES string of the molecule is C=C=C(CO)C[C@H](CO)n1ccc(N)nc1=O. The summed E-state index contributed by atoms with van der Waals surface area (Å²) in [5.74, 6) is 0.129. The average molecular weight is 237 g/mol. The Morgan fingerprint density at radius 2 is 2.35 bits per heavy atom. The molecule has 1 heterocycles. The normalized spacial score (nSPS) is 11.9. The van der Waals surface area contributed by atoms with E-state index in [1.807, 2.05) is 0 Å². The molecule has 1 aromatic rings. The fraction of sp³-hybridized carbons (Fsp3) is 0.364. The van der Waals surface area contributed by atoms with Gasteiger partial charge in [-0.05, 0) is 11.6 Å². The van der Waals surface area contributed by atoms with Crippen LogP contribution in [-0.4, -0.2) is 33.0 Å². The molecule has 0 aliphatic heterocycles. The van der Waals surface area contributed by atoms with Crippen LogP contribution in [0.5, 0.6) is 0 Å². The maximum atomic E-state index is 11.6. The second-order valence-electron chi connectivity index (χ2n) is 3.52. The summed E-state index contributed by atoms with van der Waals surface area (Å²) in [5.41, 5.74) is 7.91. The molecule has 0 saturated carbocycles. The number of aliphatic hydroxyl groups is 2. The molecular weight excluding hydrogens is 222 g/mol. The van der Waals surface area contributed by atoms with Crippen LogP contribution < -0.4 is 11.4 Å². The fourth-order valence-electron chi connectivity index (χ4n) is 1.43. The summed E-state index contributed by atoms with van der Waals surface area (Å²) in [6, 6.07) is 0.965. The van der Waals surface area contributed by atoms with Crippen LogP contribution in [0.3, 0.4) is 0 Å². The van der Waals surface area contributed by atoms with Gasteiger partial charge in [0.25, 0.3) is 0 Å². The molecule has 0 unspecified atom stereocenters. The molecule has 4 N–H and O–H groups in total. The molecule has 0 fully saturated rings. The molecule has 17 heavy (non-hydrogen) atoms. The van der Waals surface area contributed by atoms with Gasteiger partial charge >= 0.3 is 5.69 Å². The van der Waals surface area contributed by atoms with Crippen molar-refractivity contribution in [2.24, 2.45) is 0 Å². The molecule has 0 spiro atoms. The minimum Gasteiger partial charge on any atom is -0.394 e. The third kappa shape index (κ3) is 3.29. The first-order chi connectivity index (χ1) is 8.12. The highest BCUT2D eigenvalue weighted by molar-refractivity contribution is 5.23. The van der Waals surface area contributed by atoms with E-state index in [9.17, 15) is 9.90 Å². The predicted octanol–water partition coefficient (Wildman–Crippen LogP) is -0.547. The van der Waals surface area contributed by atoms with Crippen molar-refractivity contribution < 1.29 is 10.2 Å².